The SMILES string of the molecule is [O]c1ccccc1OC1CCCCC1. The summed E-state index contributed by atoms with van der Waals surface area (Å²) in [5.74, 6) is 0.512. The Morgan fingerprint density at radius 1 is 1.07 bits per heavy atom. The molecule has 14 heavy (non-hydrogen) atoms. The zero-order valence-corrected chi connectivity index (χ0v) is 8.24. The van der Waals surface area contributed by atoms with Gasteiger partial charge in [-0.25, -0.2) is 0 Å². The fourth-order valence-corrected chi connectivity index (χ4v) is 1.91. The molecule has 2 rings (SSSR count). The Labute approximate surface area is 84.5 Å². The summed E-state index contributed by atoms with van der Waals surface area (Å²) >= 11 is 0. The summed E-state index contributed by atoms with van der Waals surface area (Å²) in [6.07, 6.45) is 6.21. The summed E-state index contributed by atoms with van der Waals surface area (Å²) in [5, 5.41) is 11.4. The van der Waals surface area contributed by atoms with E-state index >= 15 is 0 Å². The highest BCUT2D eigenvalue weighted by Crippen LogP contribution is 2.29. The maximum atomic E-state index is 11.4. The highest BCUT2D eigenvalue weighted by molar-refractivity contribution is 5.37. The Hall–Kier alpha value is -1.18. The number of benzene rings is 1. The summed E-state index contributed by atoms with van der Waals surface area (Å²) in [5.41, 5.74) is 0. The van der Waals surface area contributed by atoms with Gasteiger partial charge in [-0.15, -0.1) is 0 Å². The van der Waals surface area contributed by atoms with Gasteiger partial charge in [0.1, 0.15) is 0 Å². The first-order valence-corrected chi connectivity index (χ1v) is 5.29. The molecule has 1 aliphatic rings. The monoisotopic (exact) mass is 191 g/mol. The standard InChI is InChI=1S/C12H15O2/c13-11-8-4-5-9-12(11)14-10-6-2-1-3-7-10/h4-5,8-10H,1-3,6-7H2. The van der Waals surface area contributed by atoms with Crippen molar-refractivity contribution in [1.29, 1.82) is 0 Å². The average Bonchev–Trinajstić information content (AvgIpc) is 2.23. The lowest BCUT2D eigenvalue weighted by molar-refractivity contribution is 0.146. The molecule has 75 valence electrons. The third-order valence-electron chi connectivity index (χ3n) is 2.69. The second-order valence-electron chi connectivity index (χ2n) is 3.82. The van der Waals surface area contributed by atoms with Gasteiger partial charge in [-0.1, -0.05) is 18.6 Å². The Balaban J connectivity index is 1.99. The molecule has 0 atom stereocenters. The maximum absolute atomic E-state index is 11.4. The summed E-state index contributed by atoms with van der Waals surface area (Å²) in [6, 6.07) is 6.91. The third-order valence-corrected chi connectivity index (χ3v) is 2.69. The first-order chi connectivity index (χ1) is 6.86. The van der Waals surface area contributed by atoms with Crippen LogP contribution in [0.25, 0.3) is 0 Å². The van der Waals surface area contributed by atoms with E-state index in [2.05, 4.69) is 0 Å². The van der Waals surface area contributed by atoms with Crippen LogP contribution in [0.5, 0.6) is 11.5 Å². The van der Waals surface area contributed by atoms with Crippen LogP contribution in [0.3, 0.4) is 0 Å². The molecule has 1 aromatic rings. The summed E-state index contributed by atoms with van der Waals surface area (Å²) in [6.45, 7) is 0. The van der Waals surface area contributed by atoms with Gasteiger partial charge in [0, 0.05) is 0 Å². The van der Waals surface area contributed by atoms with Crippen molar-refractivity contribution in [2.75, 3.05) is 0 Å². The quantitative estimate of drug-likeness (QED) is 0.702. The molecule has 0 spiro atoms. The van der Waals surface area contributed by atoms with Crippen LogP contribution < -0.4 is 4.74 Å². The first-order valence-electron chi connectivity index (χ1n) is 5.29. The smallest absolute Gasteiger partial charge is 0.220 e. The van der Waals surface area contributed by atoms with Gasteiger partial charge in [0.25, 0.3) is 0 Å². The fourth-order valence-electron chi connectivity index (χ4n) is 1.91. The van der Waals surface area contributed by atoms with E-state index in [0.29, 0.717) is 5.75 Å². The Morgan fingerprint density at radius 3 is 2.50 bits per heavy atom. The second-order valence-corrected chi connectivity index (χ2v) is 3.82. The predicted octanol–water partition coefficient (Wildman–Crippen LogP) is 3.54. The van der Waals surface area contributed by atoms with Crippen LogP contribution in [-0.2, 0) is 5.11 Å². The minimum Gasteiger partial charge on any atom is -0.486 e. The maximum Gasteiger partial charge on any atom is 0.220 e. The first kappa shape index (κ1) is 9.38. The molecule has 0 unspecified atom stereocenters. The molecule has 0 N–H and O–H groups in total. The molecule has 0 aromatic heterocycles. The largest absolute Gasteiger partial charge is 0.486 e. The topological polar surface area (TPSA) is 29.1 Å². The summed E-state index contributed by atoms with van der Waals surface area (Å²) in [7, 11) is 0. The van der Waals surface area contributed by atoms with E-state index in [-0.39, 0.29) is 11.9 Å². The fraction of sp³-hybridized carbons (Fsp3) is 0.500. The number of rotatable bonds is 2. The molecule has 0 amide bonds. The zero-order valence-electron chi connectivity index (χ0n) is 8.24. The van der Waals surface area contributed by atoms with Crippen LogP contribution in [0.4, 0.5) is 0 Å². The molecular weight excluding hydrogens is 176 g/mol. The van der Waals surface area contributed by atoms with Gasteiger partial charge in [0.15, 0.2) is 5.75 Å². The van der Waals surface area contributed by atoms with Crippen molar-refractivity contribution in [2.24, 2.45) is 0 Å². The number of hydrogen-bond donors (Lipinski definition) is 0. The van der Waals surface area contributed by atoms with E-state index in [1.807, 2.05) is 6.07 Å². The molecule has 2 nitrogen and oxygen atoms in total. The highest BCUT2D eigenvalue weighted by Gasteiger charge is 2.16. The molecule has 1 aromatic carbocycles. The Morgan fingerprint density at radius 2 is 1.79 bits per heavy atom. The molecule has 1 radical (unpaired) electrons. The van der Waals surface area contributed by atoms with Crippen LogP contribution in [0, 0.1) is 0 Å². The average molecular weight is 191 g/mol. The van der Waals surface area contributed by atoms with Gasteiger partial charge in [0.05, 0.1) is 6.10 Å². The molecule has 0 heterocycles. The number of ether oxygens (including phenoxy) is 1. The molecule has 0 aliphatic heterocycles. The Kier molecular flexibility index (Phi) is 2.92. The lowest BCUT2D eigenvalue weighted by Crippen LogP contribution is -2.19. The van der Waals surface area contributed by atoms with E-state index in [0.717, 1.165) is 12.8 Å². The van der Waals surface area contributed by atoms with Crippen LogP contribution in [0.15, 0.2) is 24.3 Å². The highest BCUT2D eigenvalue weighted by atomic mass is 16.5. The molecule has 0 bridgehead atoms. The van der Waals surface area contributed by atoms with Crippen molar-refractivity contribution in [3.63, 3.8) is 0 Å². The molecule has 0 saturated heterocycles. The summed E-state index contributed by atoms with van der Waals surface area (Å²) < 4.78 is 5.67. The predicted molar refractivity (Wildman–Crippen MR) is 54.1 cm³/mol. The van der Waals surface area contributed by atoms with Crippen molar-refractivity contribution >= 4 is 0 Å². The zero-order chi connectivity index (χ0) is 9.80. The van der Waals surface area contributed by atoms with E-state index in [9.17, 15) is 5.11 Å². The van der Waals surface area contributed by atoms with Gasteiger partial charge >= 0.3 is 0 Å². The van der Waals surface area contributed by atoms with Gasteiger partial charge < -0.3 is 4.74 Å². The van der Waals surface area contributed by atoms with E-state index in [1.54, 1.807) is 18.2 Å². The van der Waals surface area contributed by atoms with Crippen molar-refractivity contribution < 1.29 is 9.84 Å². The molecule has 2 heteroatoms. The van der Waals surface area contributed by atoms with Crippen molar-refractivity contribution in [2.45, 2.75) is 38.2 Å². The van der Waals surface area contributed by atoms with Crippen LogP contribution >= 0.6 is 0 Å². The minimum absolute atomic E-state index is 0.00178. The molecular formula is C12H15O2. The summed E-state index contributed by atoms with van der Waals surface area (Å²) in [4.78, 5) is 0. The van der Waals surface area contributed by atoms with Gasteiger partial charge in [-0.2, -0.15) is 0 Å². The van der Waals surface area contributed by atoms with Crippen LogP contribution in [-0.4, -0.2) is 6.10 Å². The molecule has 1 aliphatic carbocycles. The second kappa shape index (κ2) is 4.36. The van der Waals surface area contributed by atoms with Crippen molar-refractivity contribution in [1.82, 2.24) is 0 Å². The molecule has 1 saturated carbocycles. The van der Waals surface area contributed by atoms with E-state index in [4.69, 9.17) is 4.74 Å². The lowest BCUT2D eigenvalue weighted by atomic mass is 9.98. The van der Waals surface area contributed by atoms with Gasteiger partial charge in [-0.05, 0) is 37.8 Å². The minimum atomic E-state index is -0.00178. The Bertz CT molecular complexity index is 290. The number of hydrogen-bond acceptors (Lipinski definition) is 1. The van der Waals surface area contributed by atoms with E-state index in [1.165, 1.54) is 19.3 Å². The van der Waals surface area contributed by atoms with Crippen molar-refractivity contribution in [3.05, 3.63) is 24.3 Å². The van der Waals surface area contributed by atoms with Gasteiger partial charge in [0.2, 0.25) is 5.75 Å². The van der Waals surface area contributed by atoms with E-state index < -0.39 is 0 Å². The number of para-hydroxylation sites is 2. The van der Waals surface area contributed by atoms with Crippen LogP contribution in [0.1, 0.15) is 32.1 Å². The third kappa shape index (κ3) is 2.19. The molecule has 1 fully saturated rings. The lowest BCUT2D eigenvalue weighted by Gasteiger charge is -2.22. The van der Waals surface area contributed by atoms with Crippen LogP contribution in [0.2, 0.25) is 0 Å². The van der Waals surface area contributed by atoms with Gasteiger partial charge in [-0.3, -0.25) is 5.11 Å². The van der Waals surface area contributed by atoms with Crippen molar-refractivity contribution in [3.8, 4) is 11.5 Å². The normalized spacial score (nSPS) is 18.0.